The smallest absolute Gasteiger partial charge is 0.343 e. The molecule has 0 aliphatic rings. The van der Waals surface area contributed by atoms with E-state index in [-0.39, 0.29) is 5.97 Å². The molecule has 0 saturated carbocycles. The van der Waals surface area contributed by atoms with Gasteiger partial charge >= 0.3 is 11.9 Å². The van der Waals surface area contributed by atoms with Crippen molar-refractivity contribution in [3.05, 3.63) is 83.9 Å². The molecule has 1 unspecified atom stereocenters. The van der Waals surface area contributed by atoms with Crippen LogP contribution in [0.3, 0.4) is 0 Å². The zero-order chi connectivity index (χ0) is 34.9. The standard InChI is InChI=1S/C44H62O5/c1-4-6-7-8-9-10-11-12-13-14-15-16-17-18-19-20-21-34-47-41-30-26-38(27-31-41)37-22-24-40(25-23-37)44(46)49-42-32-28-39(29-33-42)43(45)48-35-36(3)5-2/h22-33,36H,4-21,34-35H2,1-3H3. The minimum absolute atomic E-state index is 0.317. The molecule has 0 saturated heterocycles. The first kappa shape index (κ1) is 39.8. The van der Waals surface area contributed by atoms with E-state index in [9.17, 15) is 9.59 Å². The number of benzene rings is 3. The number of ether oxygens (including phenoxy) is 3. The van der Waals surface area contributed by atoms with Crippen molar-refractivity contribution in [3.8, 4) is 22.6 Å². The number of esters is 2. The van der Waals surface area contributed by atoms with Crippen molar-refractivity contribution in [2.45, 2.75) is 136 Å². The minimum atomic E-state index is -0.452. The average molecular weight is 671 g/mol. The van der Waals surface area contributed by atoms with Crippen LogP contribution in [-0.2, 0) is 4.74 Å². The Balaban J connectivity index is 1.24. The monoisotopic (exact) mass is 670 g/mol. The first-order valence-electron chi connectivity index (χ1n) is 19.3. The minimum Gasteiger partial charge on any atom is -0.494 e. The Morgan fingerprint density at radius 3 is 1.41 bits per heavy atom. The number of rotatable bonds is 26. The van der Waals surface area contributed by atoms with Crippen LogP contribution in [0.2, 0.25) is 0 Å². The molecule has 0 fully saturated rings. The summed E-state index contributed by atoms with van der Waals surface area (Å²) in [5, 5.41) is 0. The topological polar surface area (TPSA) is 61.8 Å². The van der Waals surface area contributed by atoms with Gasteiger partial charge in [0.1, 0.15) is 11.5 Å². The summed E-state index contributed by atoms with van der Waals surface area (Å²) in [5.74, 6) is 0.746. The molecule has 3 aromatic carbocycles. The largest absolute Gasteiger partial charge is 0.494 e. The second-order valence-electron chi connectivity index (χ2n) is 13.6. The SMILES string of the molecule is CCCCCCCCCCCCCCCCCCCOc1ccc(-c2ccc(C(=O)Oc3ccc(C(=O)OCC(C)CC)cc3)cc2)cc1. The third-order valence-electron chi connectivity index (χ3n) is 9.32. The number of hydrogen-bond acceptors (Lipinski definition) is 5. The van der Waals surface area contributed by atoms with Gasteiger partial charge in [-0.25, -0.2) is 9.59 Å². The van der Waals surface area contributed by atoms with Crippen molar-refractivity contribution in [1.29, 1.82) is 0 Å². The van der Waals surface area contributed by atoms with Gasteiger partial charge in [-0.05, 0) is 72.0 Å². The second-order valence-corrected chi connectivity index (χ2v) is 13.6. The predicted molar refractivity (Wildman–Crippen MR) is 203 cm³/mol. The molecule has 0 aliphatic heterocycles. The lowest BCUT2D eigenvalue weighted by molar-refractivity contribution is 0.0447. The molecule has 49 heavy (non-hydrogen) atoms. The fourth-order valence-corrected chi connectivity index (χ4v) is 5.80. The Labute approximate surface area is 297 Å². The Morgan fingerprint density at radius 2 is 0.918 bits per heavy atom. The Bertz CT molecular complexity index is 1300. The third kappa shape index (κ3) is 16.6. The highest BCUT2D eigenvalue weighted by atomic mass is 16.5. The molecular weight excluding hydrogens is 608 g/mol. The van der Waals surface area contributed by atoms with E-state index in [1.165, 1.54) is 103 Å². The van der Waals surface area contributed by atoms with Gasteiger partial charge in [-0.1, -0.05) is 154 Å². The Kier molecular flexibility index (Phi) is 19.9. The average Bonchev–Trinajstić information content (AvgIpc) is 3.13. The first-order chi connectivity index (χ1) is 24.0. The fraction of sp³-hybridized carbons (Fsp3) is 0.545. The molecule has 3 rings (SSSR count). The maximum atomic E-state index is 12.7. The van der Waals surface area contributed by atoms with Crippen LogP contribution < -0.4 is 9.47 Å². The summed E-state index contributed by atoms with van der Waals surface area (Å²) in [7, 11) is 0. The number of unbranched alkanes of at least 4 members (excludes halogenated alkanes) is 16. The van der Waals surface area contributed by atoms with Crippen LogP contribution >= 0.6 is 0 Å². The molecular formula is C44H62O5. The summed E-state index contributed by atoms with van der Waals surface area (Å²) in [4.78, 5) is 24.9. The summed E-state index contributed by atoms with van der Waals surface area (Å²) < 4.78 is 16.8. The van der Waals surface area contributed by atoms with E-state index < -0.39 is 5.97 Å². The van der Waals surface area contributed by atoms with Crippen LogP contribution in [-0.4, -0.2) is 25.2 Å². The van der Waals surface area contributed by atoms with Gasteiger partial charge in [0.25, 0.3) is 0 Å². The van der Waals surface area contributed by atoms with Crippen molar-refractivity contribution >= 4 is 11.9 Å². The molecule has 0 aromatic heterocycles. The number of hydrogen-bond donors (Lipinski definition) is 0. The predicted octanol–water partition coefficient (Wildman–Crippen LogP) is 12.8. The van der Waals surface area contributed by atoms with E-state index in [0.29, 0.717) is 29.4 Å². The molecule has 0 bridgehead atoms. The van der Waals surface area contributed by atoms with Crippen LogP contribution in [0, 0.1) is 5.92 Å². The highest BCUT2D eigenvalue weighted by Crippen LogP contribution is 2.24. The molecule has 5 heteroatoms. The van der Waals surface area contributed by atoms with Crippen molar-refractivity contribution < 1.29 is 23.8 Å². The maximum absolute atomic E-state index is 12.7. The second kappa shape index (κ2) is 24.5. The van der Waals surface area contributed by atoms with Crippen molar-refractivity contribution in [2.75, 3.05) is 13.2 Å². The van der Waals surface area contributed by atoms with Gasteiger partial charge in [0.05, 0.1) is 24.3 Å². The van der Waals surface area contributed by atoms with Gasteiger partial charge in [0, 0.05) is 0 Å². The summed E-state index contributed by atoms with van der Waals surface area (Å²) in [6.45, 7) is 7.52. The Hall–Kier alpha value is -3.60. The summed E-state index contributed by atoms with van der Waals surface area (Å²) in [6, 6.07) is 21.9. The van der Waals surface area contributed by atoms with Gasteiger partial charge in [0.15, 0.2) is 0 Å². The van der Waals surface area contributed by atoms with E-state index in [0.717, 1.165) is 36.3 Å². The van der Waals surface area contributed by atoms with Crippen molar-refractivity contribution in [1.82, 2.24) is 0 Å². The van der Waals surface area contributed by atoms with E-state index in [4.69, 9.17) is 14.2 Å². The molecule has 0 spiro atoms. The molecule has 0 aliphatic carbocycles. The van der Waals surface area contributed by atoms with Gasteiger partial charge in [-0.3, -0.25) is 0 Å². The molecule has 0 radical (unpaired) electrons. The zero-order valence-electron chi connectivity index (χ0n) is 30.7. The van der Waals surface area contributed by atoms with E-state index in [2.05, 4.69) is 13.8 Å². The zero-order valence-corrected chi connectivity index (χ0v) is 30.7. The highest BCUT2D eigenvalue weighted by molar-refractivity contribution is 5.92. The summed E-state index contributed by atoms with van der Waals surface area (Å²) in [5.41, 5.74) is 2.95. The fourth-order valence-electron chi connectivity index (χ4n) is 5.80. The quantitative estimate of drug-likeness (QED) is 0.0483. The van der Waals surface area contributed by atoms with Gasteiger partial charge < -0.3 is 14.2 Å². The molecule has 3 aromatic rings. The lowest BCUT2D eigenvalue weighted by atomic mass is 10.0. The van der Waals surface area contributed by atoms with Crippen molar-refractivity contribution in [2.24, 2.45) is 5.92 Å². The van der Waals surface area contributed by atoms with Gasteiger partial charge in [-0.15, -0.1) is 0 Å². The maximum Gasteiger partial charge on any atom is 0.343 e. The third-order valence-corrected chi connectivity index (χ3v) is 9.32. The van der Waals surface area contributed by atoms with Crippen molar-refractivity contribution in [3.63, 3.8) is 0 Å². The molecule has 0 N–H and O–H groups in total. The van der Waals surface area contributed by atoms with Crippen LogP contribution in [0.15, 0.2) is 72.8 Å². The van der Waals surface area contributed by atoms with Crippen LogP contribution in [0.1, 0.15) is 157 Å². The molecule has 0 heterocycles. The van der Waals surface area contributed by atoms with E-state index in [1.54, 1.807) is 36.4 Å². The van der Waals surface area contributed by atoms with Crippen LogP contribution in [0.25, 0.3) is 11.1 Å². The Morgan fingerprint density at radius 1 is 0.510 bits per heavy atom. The molecule has 268 valence electrons. The molecule has 5 nitrogen and oxygen atoms in total. The molecule has 1 atom stereocenters. The lowest BCUT2D eigenvalue weighted by Crippen LogP contribution is -2.12. The first-order valence-corrected chi connectivity index (χ1v) is 19.3. The molecule has 0 amide bonds. The number of carbonyl (C=O) groups excluding carboxylic acids is 2. The van der Waals surface area contributed by atoms with Crippen LogP contribution in [0.5, 0.6) is 11.5 Å². The highest BCUT2D eigenvalue weighted by Gasteiger charge is 2.12. The lowest BCUT2D eigenvalue weighted by Gasteiger charge is -2.10. The normalized spacial score (nSPS) is 11.7. The summed E-state index contributed by atoms with van der Waals surface area (Å²) in [6.07, 6.45) is 24.3. The van der Waals surface area contributed by atoms with Gasteiger partial charge in [-0.2, -0.15) is 0 Å². The van der Waals surface area contributed by atoms with Gasteiger partial charge in [0.2, 0.25) is 0 Å². The van der Waals surface area contributed by atoms with E-state index in [1.807, 2.05) is 43.3 Å². The van der Waals surface area contributed by atoms with Crippen LogP contribution in [0.4, 0.5) is 0 Å². The summed E-state index contributed by atoms with van der Waals surface area (Å²) >= 11 is 0. The van der Waals surface area contributed by atoms with E-state index >= 15 is 0 Å². The number of carbonyl (C=O) groups is 2.